The fourth-order valence-electron chi connectivity index (χ4n) is 2.68. The van der Waals surface area contributed by atoms with Crippen molar-refractivity contribution in [2.45, 2.75) is 45.4 Å². The van der Waals surface area contributed by atoms with E-state index in [1.807, 2.05) is 12.2 Å². The number of hydrogen-bond donors (Lipinski definition) is 0. The molecule has 0 saturated carbocycles. The molecule has 1 aliphatic carbocycles. The molecule has 1 atom stereocenters. The first-order valence-electron chi connectivity index (χ1n) is 7.38. The summed E-state index contributed by atoms with van der Waals surface area (Å²) in [5.41, 5.74) is 3.86. The van der Waals surface area contributed by atoms with Gasteiger partial charge in [-0.2, -0.15) is 0 Å². The molecule has 0 aliphatic heterocycles. The van der Waals surface area contributed by atoms with E-state index in [0.29, 0.717) is 0 Å². The number of rotatable bonds is 3. The Kier molecular flexibility index (Phi) is 4.27. The summed E-state index contributed by atoms with van der Waals surface area (Å²) in [7, 11) is 0. The van der Waals surface area contributed by atoms with Crippen molar-refractivity contribution in [1.82, 2.24) is 0 Å². The van der Waals surface area contributed by atoms with E-state index in [9.17, 15) is 4.79 Å². The minimum absolute atomic E-state index is 0.144. The van der Waals surface area contributed by atoms with Crippen molar-refractivity contribution in [2.24, 2.45) is 5.92 Å². The van der Waals surface area contributed by atoms with Crippen LogP contribution in [0, 0.1) is 5.92 Å². The van der Waals surface area contributed by atoms with Crippen LogP contribution in [0.3, 0.4) is 0 Å². The number of ketones is 1. The highest BCUT2D eigenvalue weighted by atomic mass is 16.1. The zero-order chi connectivity index (χ0) is 14.8. The van der Waals surface area contributed by atoms with E-state index >= 15 is 0 Å². The number of hydrogen-bond acceptors (Lipinski definition) is 1. The molecule has 2 rings (SSSR count). The predicted octanol–water partition coefficient (Wildman–Crippen LogP) is 4.92. The molecule has 0 radical (unpaired) electrons. The first kappa shape index (κ1) is 14.8. The Balaban J connectivity index is 2.19. The van der Waals surface area contributed by atoms with Crippen LogP contribution in [0.2, 0.25) is 0 Å². The second kappa shape index (κ2) is 5.78. The van der Waals surface area contributed by atoms with Gasteiger partial charge in [-0.1, -0.05) is 51.1 Å². The summed E-state index contributed by atoms with van der Waals surface area (Å²) in [6.45, 7) is 10.4. The van der Waals surface area contributed by atoms with Crippen LogP contribution in [0.25, 0.3) is 5.57 Å². The van der Waals surface area contributed by atoms with Gasteiger partial charge in [-0.3, -0.25) is 4.79 Å². The van der Waals surface area contributed by atoms with Crippen molar-refractivity contribution in [3.63, 3.8) is 0 Å². The molecule has 1 nitrogen and oxygen atoms in total. The van der Waals surface area contributed by atoms with Crippen LogP contribution in [0.1, 0.15) is 51.2 Å². The molecular formula is C19H24O. The molecule has 106 valence electrons. The fraction of sp³-hybridized carbons (Fsp3) is 0.421. The zero-order valence-corrected chi connectivity index (χ0v) is 12.8. The molecule has 1 aromatic carbocycles. The average molecular weight is 268 g/mol. The van der Waals surface area contributed by atoms with Crippen molar-refractivity contribution in [3.05, 3.63) is 54.1 Å². The largest absolute Gasteiger partial charge is 0.295 e. The van der Waals surface area contributed by atoms with Gasteiger partial charge in [-0.05, 0) is 47.5 Å². The number of allylic oxidation sites excluding steroid dienone is 3. The van der Waals surface area contributed by atoms with Crippen LogP contribution in [-0.4, -0.2) is 5.78 Å². The number of benzene rings is 1. The third-order valence-electron chi connectivity index (χ3n) is 4.05. The molecule has 0 amide bonds. The third-order valence-corrected chi connectivity index (χ3v) is 4.05. The van der Waals surface area contributed by atoms with Crippen LogP contribution in [0.5, 0.6) is 0 Å². The first-order chi connectivity index (χ1) is 9.41. The highest BCUT2D eigenvalue weighted by Crippen LogP contribution is 2.31. The second-order valence-electron chi connectivity index (χ2n) is 6.66. The van der Waals surface area contributed by atoms with E-state index in [0.717, 1.165) is 19.3 Å². The molecule has 20 heavy (non-hydrogen) atoms. The Morgan fingerprint density at radius 1 is 1.25 bits per heavy atom. The summed E-state index contributed by atoms with van der Waals surface area (Å²) in [4.78, 5) is 12.1. The number of carbonyl (C=O) groups is 1. The van der Waals surface area contributed by atoms with Gasteiger partial charge in [-0.25, -0.2) is 0 Å². The highest BCUT2D eigenvalue weighted by Gasteiger charge is 2.22. The van der Waals surface area contributed by atoms with Gasteiger partial charge in [-0.15, -0.1) is 6.58 Å². The zero-order valence-electron chi connectivity index (χ0n) is 12.8. The van der Waals surface area contributed by atoms with Gasteiger partial charge >= 0.3 is 0 Å². The van der Waals surface area contributed by atoms with Crippen molar-refractivity contribution < 1.29 is 4.79 Å². The summed E-state index contributed by atoms with van der Waals surface area (Å²) in [6.07, 6.45) is 6.41. The molecule has 1 aliphatic rings. The lowest BCUT2D eigenvalue weighted by molar-refractivity contribution is -0.118. The lowest BCUT2D eigenvalue weighted by Crippen LogP contribution is -2.16. The van der Waals surface area contributed by atoms with Crippen molar-refractivity contribution in [1.29, 1.82) is 0 Å². The van der Waals surface area contributed by atoms with Gasteiger partial charge in [0.2, 0.25) is 0 Å². The molecule has 1 unspecified atom stereocenters. The topological polar surface area (TPSA) is 17.1 Å². The van der Waals surface area contributed by atoms with Gasteiger partial charge in [0, 0.05) is 5.92 Å². The molecule has 0 saturated heterocycles. The summed E-state index contributed by atoms with van der Waals surface area (Å²) in [5.74, 6) is 0.399. The minimum Gasteiger partial charge on any atom is -0.295 e. The van der Waals surface area contributed by atoms with Gasteiger partial charge in [0.05, 0.1) is 0 Å². The Morgan fingerprint density at radius 2 is 1.90 bits per heavy atom. The average Bonchev–Trinajstić information content (AvgIpc) is 2.40. The standard InChI is InChI=1S/C19H24O/c1-5-6-15-7-8-16(13-18(15)20)14-9-11-17(12-10-14)19(2,3)4/h5,9-13,15H,1,6-8H2,2-4H3. The molecular weight excluding hydrogens is 244 g/mol. The predicted molar refractivity (Wildman–Crippen MR) is 85.7 cm³/mol. The third kappa shape index (κ3) is 3.27. The maximum absolute atomic E-state index is 12.1. The van der Waals surface area contributed by atoms with E-state index < -0.39 is 0 Å². The smallest absolute Gasteiger partial charge is 0.159 e. The second-order valence-corrected chi connectivity index (χ2v) is 6.66. The normalized spacial score (nSPS) is 19.6. The molecule has 0 fully saturated rings. The van der Waals surface area contributed by atoms with Crippen LogP contribution >= 0.6 is 0 Å². The first-order valence-corrected chi connectivity index (χ1v) is 7.38. The summed E-state index contributed by atoms with van der Waals surface area (Å²) in [6, 6.07) is 8.65. The summed E-state index contributed by atoms with van der Waals surface area (Å²) in [5, 5.41) is 0. The van der Waals surface area contributed by atoms with Gasteiger partial charge in [0.15, 0.2) is 5.78 Å². The van der Waals surface area contributed by atoms with Crippen LogP contribution in [-0.2, 0) is 10.2 Å². The molecule has 0 spiro atoms. The number of carbonyl (C=O) groups excluding carboxylic acids is 1. The van der Waals surface area contributed by atoms with Gasteiger partial charge in [0.1, 0.15) is 0 Å². The van der Waals surface area contributed by atoms with Gasteiger partial charge in [0.25, 0.3) is 0 Å². The Hall–Kier alpha value is -1.63. The van der Waals surface area contributed by atoms with E-state index in [2.05, 4.69) is 51.6 Å². The fourth-order valence-corrected chi connectivity index (χ4v) is 2.68. The van der Waals surface area contributed by atoms with E-state index in [1.54, 1.807) is 0 Å². The Labute approximate surface area is 122 Å². The Morgan fingerprint density at radius 3 is 2.40 bits per heavy atom. The van der Waals surface area contributed by atoms with Gasteiger partial charge < -0.3 is 0 Å². The molecule has 0 bridgehead atoms. The molecule has 1 heteroatoms. The van der Waals surface area contributed by atoms with Crippen LogP contribution in [0.4, 0.5) is 0 Å². The monoisotopic (exact) mass is 268 g/mol. The summed E-state index contributed by atoms with van der Waals surface area (Å²) >= 11 is 0. The molecule has 0 aromatic heterocycles. The maximum atomic E-state index is 12.1. The van der Waals surface area contributed by atoms with Crippen LogP contribution in [0.15, 0.2) is 43.0 Å². The quantitative estimate of drug-likeness (QED) is 0.711. The van der Waals surface area contributed by atoms with E-state index in [4.69, 9.17) is 0 Å². The van der Waals surface area contributed by atoms with Crippen molar-refractivity contribution in [3.8, 4) is 0 Å². The highest BCUT2D eigenvalue weighted by molar-refractivity contribution is 6.00. The van der Waals surface area contributed by atoms with Crippen molar-refractivity contribution in [2.75, 3.05) is 0 Å². The minimum atomic E-state index is 0.144. The van der Waals surface area contributed by atoms with Crippen molar-refractivity contribution >= 4 is 11.4 Å². The summed E-state index contributed by atoms with van der Waals surface area (Å²) < 4.78 is 0. The molecule has 1 aromatic rings. The lowest BCUT2D eigenvalue weighted by atomic mass is 9.82. The van der Waals surface area contributed by atoms with Crippen LogP contribution < -0.4 is 0 Å². The van der Waals surface area contributed by atoms with E-state index in [1.165, 1.54) is 16.7 Å². The maximum Gasteiger partial charge on any atom is 0.159 e. The molecule has 0 heterocycles. The Bertz CT molecular complexity index is 526. The SMILES string of the molecule is C=CCC1CCC(c2ccc(C(C)(C)C)cc2)=CC1=O. The lowest BCUT2D eigenvalue weighted by Gasteiger charge is -2.22. The van der Waals surface area contributed by atoms with E-state index in [-0.39, 0.29) is 17.1 Å². The molecule has 0 N–H and O–H groups in total.